The number of para-hydroxylation sites is 1. The highest BCUT2D eigenvalue weighted by Crippen LogP contribution is 2.42. The minimum atomic E-state index is -4.07. The summed E-state index contributed by atoms with van der Waals surface area (Å²) in [5.41, 5.74) is 2.72. The van der Waals surface area contributed by atoms with Crippen LogP contribution in [0.2, 0.25) is 0 Å². The highest BCUT2D eigenvalue weighted by molar-refractivity contribution is 7.97. The Morgan fingerprint density at radius 2 is 1.53 bits per heavy atom. The summed E-state index contributed by atoms with van der Waals surface area (Å²) < 4.78 is 33.0. The molecule has 4 rings (SSSR count). The molecule has 0 saturated heterocycles. The molecule has 1 N–H and O–H groups in total. The Labute approximate surface area is 175 Å². The highest BCUT2D eigenvalue weighted by atomic mass is 32.2. The van der Waals surface area contributed by atoms with Gasteiger partial charge in [0, 0.05) is 23.9 Å². The van der Waals surface area contributed by atoms with Crippen molar-refractivity contribution in [3.8, 4) is 5.75 Å². The molecule has 1 heterocycles. The highest BCUT2D eigenvalue weighted by Gasteiger charge is 2.39. The molecule has 1 aliphatic heterocycles. The second-order valence-electron chi connectivity index (χ2n) is 6.74. The van der Waals surface area contributed by atoms with E-state index >= 15 is 0 Å². The lowest BCUT2D eigenvalue weighted by molar-refractivity contribution is -0.112. The summed E-state index contributed by atoms with van der Waals surface area (Å²) in [6, 6.07) is 22.9. The quantitative estimate of drug-likeness (QED) is 0.695. The van der Waals surface area contributed by atoms with E-state index in [4.69, 9.17) is 4.74 Å². The fourth-order valence-corrected chi connectivity index (χ4v) is 4.92. The third kappa shape index (κ3) is 3.33. The van der Waals surface area contributed by atoms with Gasteiger partial charge in [-0.3, -0.25) is 9.10 Å². The number of rotatable bonds is 4. The number of fused-ring (bicyclic) bond motifs is 1. The number of amides is 1. The van der Waals surface area contributed by atoms with Crippen molar-refractivity contribution >= 4 is 32.9 Å². The molecular weight excluding hydrogens is 400 g/mol. The van der Waals surface area contributed by atoms with Crippen LogP contribution < -0.4 is 14.4 Å². The minimum Gasteiger partial charge on any atom is -0.497 e. The van der Waals surface area contributed by atoms with Crippen molar-refractivity contribution in [2.75, 3.05) is 23.8 Å². The Hall–Kier alpha value is -3.58. The molecule has 0 aromatic heterocycles. The molecule has 7 heteroatoms. The molecule has 30 heavy (non-hydrogen) atoms. The molecule has 0 aliphatic carbocycles. The molecule has 0 unspecified atom stereocenters. The Morgan fingerprint density at radius 1 is 0.900 bits per heavy atom. The number of carbonyl (C=O) groups excluding carboxylic acids is 1. The van der Waals surface area contributed by atoms with Gasteiger partial charge in [-0.1, -0.05) is 48.5 Å². The van der Waals surface area contributed by atoms with Crippen LogP contribution in [-0.2, 0) is 14.8 Å². The predicted molar refractivity (Wildman–Crippen MR) is 118 cm³/mol. The molecule has 0 atom stereocenters. The summed E-state index contributed by atoms with van der Waals surface area (Å²) >= 11 is 0. The van der Waals surface area contributed by atoms with Gasteiger partial charge >= 0.3 is 0 Å². The maximum absolute atomic E-state index is 13.4. The van der Waals surface area contributed by atoms with Crippen molar-refractivity contribution in [1.82, 2.24) is 0 Å². The van der Waals surface area contributed by atoms with E-state index in [1.165, 1.54) is 7.05 Å². The van der Waals surface area contributed by atoms with Crippen LogP contribution in [0.1, 0.15) is 11.1 Å². The van der Waals surface area contributed by atoms with Crippen LogP contribution >= 0.6 is 0 Å². The number of hydrogen-bond donors (Lipinski definition) is 1. The van der Waals surface area contributed by atoms with Crippen molar-refractivity contribution < 1.29 is 17.9 Å². The van der Waals surface area contributed by atoms with Crippen LogP contribution in [0, 0.1) is 0 Å². The van der Waals surface area contributed by atoms with Crippen LogP contribution in [0.4, 0.5) is 11.4 Å². The number of carbonyl (C=O) groups is 1. The lowest BCUT2D eigenvalue weighted by Crippen LogP contribution is -2.37. The smallest absolute Gasteiger partial charge is 0.270 e. The van der Waals surface area contributed by atoms with Crippen LogP contribution in [-0.4, -0.2) is 28.5 Å². The first-order chi connectivity index (χ1) is 14.4. The molecule has 3 aromatic carbocycles. The average molecular weight is 420 g/mol. The van der Waals surface area contributed by atoms with E-state index < -0.39 is 15.9 Å². The van der Waals surface area contributed by atoms with E-state index in [1.807, 2.05) is 30.3 Å². The molecule has 0 radical (unpaired) electrons. The van der Waals surface area contributed by atoms with Gasteiger partial charge < -0.3 is 10.1 Å². The second kappa shape index (κ2) is 7.68. The number of methoxy groups -OCH3 is 1. The van der Waals surface area contributed by atoms with E-state index in [0.717, 1.165) is 4.31 Å². The Balaban J connectivity index is 1.91. The van der Waals surface area contributed by atoms with Crippen LogP contribution in [0.15, 0.2) is 83.8 Å². The first kappa shape index (κ1) is 19.7. The summed E-state index contributed by atoms with van der Waals surface area (Å²) in [5, 5.41) is 2.71. The normalized spacial score (nSPS) is 14.8. The summed E-state index contributed by atoms with van der Waals surface area (Å²) in [6.07, 6.45) is 0. The van der Waals surface area contributed by atoms with E-state index in [0.29, 0.717) is 33.8 Å². The summed E-state index contributed by atoms with van der Waals surface area (Å²) in [5.74, 6) is -0.0588. The monoisotopic (exact) mass is 420 g/mol. The van der Waals surface area contributed by atoms with E-state index in [2.05, 4.69) is 5.32 Å². The predicted octanol–water partition coefficient (Wildman–Crippen LogP) is 3.87. The second-order valence-corrected chi connectivity index (χ2v) is 8.65. The average Bonchev–Trinajstić information content (AvgIpc) is 2.77. The summed E-state index contributed by atoms with van der Waals surface area (Å²) in [4.78, 5) is 13.0. The zero-order valence-electron chi connectivity index (χ0n) is 16.5. The molecule has 3 aromatic rings. The van der Waals surface area contributed by atoms with E-state index in [1.54, 1.807) is 55.6 Å². The fraction of sp³-hybridized carbons (Fsp3) is 0.0870. The van der Waals surface area contributed by atoms with Crippen molar-refractivity contribution in [1.29, 1.82) is 0 Å². The number of nitrogens with zero attached hydrogens (tertiary/aromatic N) is 1. The topological polar surface area (TPSA) is 75.7 Å². The van der Waals surface area contributed by atoms with Gasteiger partial charge in [-0.05, 0) is 35.9 Å². The molecule has 0 bridgehead atoms. The van der Waals surface area contributed by atoms with Gasteiger partial charge in [0.1, 0.15) is 5.75 Å². The van der Waals surface area contributed by atoms with Gasteiger partial charge in [-0.25, -0.2) is 8.42 Å². The van der Waals surface area contributed by atoms with Crippen LogP contribution in [0.5, 0.6) is 5.75 Å². The summed E-state index contributed by atoms with van der Waals surface area (Å²) in [6.45, 7) is 0. The van der Waals surface area contributed by atoms with Crippen LogP contribution in [0.25, 0.3) is 5.57 Å². The first-order valence-corrected chi connectivity index (χ1v) is 10.7. The van der Waals surface area contributed by atoms with Crippen molar-refractivity contribution in [3.63, 3.8) is 0 Å². The maximum Gasteiger partial charge on any atom is 0.270 e. The standard InChI is InChI=1S/C23H20N2O4S/c1-25-20-11-7-6-10-19(20)21(16-8-4-3-5-9-16)22(30(25,27)28)23(26)24-17-12-14-18(29-2)15-13-17/h3-15H,1-2H3,(H,24,26). The van der Waals surface area contributed by atoms with Crippen molar-refractivity contribution in [2.24, 2.45) is 0 Å². The number of sulfonamides is 1. The number of hydrogen-bond acceptors (Lipinski definition) is 4. The maximum atomic E-state index is 13.4. The van der Waals surface area contributed by atoms with Gasteiger partial charge in [0.2, 0.25) is 0 Å². The third-order valence-corrected chi connectivity index (χ3v) is 6.80. The number of anilines is 2. The number of ether oxygens (including phenoxy) is 1. The SMILES string of the molecule is COc1ccc(NC(=O)C2=C(c3ccccc3)c3ccccc3N(C)S2(=O)=O)cc1. The van der Waals surface area contributed by atoms with Gasteiger partial charge in [0.25, 0.3) is 15.9 Å². The molecular formula is C23H20N2O4S. The Morgan fingerprint density at radius 3 is 2.20 bits per heavy atom. The minimum absolute atomic E-state index is 0.286. The van der Waals surface area contributed by atoms with Crippen LogP contribution in [0.3, 0.4) is 0 Å². The number of nitrogens with one attached hydrogen (secondary N) is 1. The largest absolute Gasteiger partial charge is 0.497 e. The van der Waals surface area contributed by atoms with Gasteiger partial charge in [0.05, 0.1) is 12.8 Å². The molecule has 1 amide bonds. The fourth-order valence-electron chi connectivity index (χ4n) is 3.46. The van der Waals surface area contributed by atoms with Crippen molar-refractivity contribution in [3.05, 3.63) is 94.9 Å². The van der Waals surface area contributed by atoms with Gasteiger partial charge in [0.15, 0.2) is 4.91 Å². The lowest BCUT2D eigenvalue weighted by Gasteiger charge is -2.30. The molecule has 0 spiro atoms. The molecule has 6 nitrogen and oxygen atoms in total. The lowest BCUT2D eigenvalue weighted by atomic mass is 9.95. The molecule has 152 valence electrons. The van der Waals surface area contributed by atoms with Gasteiger partial charge in [-0.15, -0.1) is 0 Å². The van der Waals surface area contributed by atoms with Gasteiger partial charge in [-0.2, -0.15) is 0 Å². The molecule has 0 saturated carbocycles. The van der Waals surface area contributed by atoms with E-state index in [-0.39, 0.29) is 4.91 Å². The zero-order chi connectivity index (χ0) is 21.3. The van der Waals surface area contributed by atoms with Crippen molar-refractivity contribution in [2.45, 2.75) is 0 Å². The van der Waals surface area contributed by atoms with E-state index in [9.17, 15) is 13.2 Å². The number of benzene rings is 3. The summed E-state index contributed by atoms with van der Waals surface area (Å²) in [7, 11) is -1.07. The molecule has 0 fully saturated rings. The Kier molecular flexibility index (Phi) is 5.05. The Bertz CT molecular complexity index is 1230. The third-order valence-electron chi connectivity index (χ3n) is 4.97. The molecule has 1 aliphatic rings. The first-order valence-electron chi connectivity index (χ1n) is 9.27. The zero-order valence-corrected chi connectivity index (χ0v) is 17.3.